The standard InChI is InChI=1S/C11F25N/c12-1(13,2(14,15)4(18,19)8(26,27)28)3(16,17)6(22,23)10(32,33)37(36)11(34,35)7(24,25)5(20,21)9(29,30)31. The van der Waals surface area contributed by atoms with Gasteiger partial charge in [-0.05, 0) is 5.12 Å². The fourth-order valence-corrected chi connectivity index (χ4v) is 1.75. The first-order valence-corrected chi connectivity index (χ1v) is 7.40. The zero-order valence-corrected chi connectivity index (χ0v) is 15.4. The Morgan fingerprint density at radius 3 is 0.649 bits per heavy atom. The minimum atomic E-state index is -9.34. The lowest BCUT2D eigenvalue weighted by Gasteiger charge is -2.44. The molecular formula is C11F25N. The average molecular weight is 621 g/mol. The van der Waals surface area contributed by atoms with E-state index in [2.05, 4.69) is 0 Å². The lowest BCUT2D eigenvalue weighted by atomic mass is 9.92. The third kappa shape index (κ3) is 4.27. The molecule has 26 heteroatoms. The fraction of sp³-hybridized carbons (Fsp3) is 1.00. The Bertz CT molecular complexity index is 827. The van der Waals surface area contributed by atoms with Gasteiger partial charge in [-0.25, -0.2) is 0 Å². The molecule has 0 N–H and O–H groups in total. The molecule has 37 heavy (non-hydrogen) atoms. The van der Waals surface area contributed by atoms with Gasteiger partial charge in [-0.1, -0.05) is 0 Å². The van der Waals surface area contributed by atoms with E-state index in [-0.39, 0.29) is 0 Å². The van der Waals surface area contributed by atoms with Crippen LogP contribution >= 0.6 is 0 Å². The number of halogens is 25. The van der Waals surface area contributed by atoms with Crippen molar-refractivity contribution < 1.29 is 110 Å². The number of hydrogen-bond acceptors (Lipinski definition) is 1. The van der Waals surface area contributed by atoms with Gasteiger partial charge in [-0.15, -0.1) is 4.48 Å². The predicted molar refractivity (Wildman–Crippen MR) is 59.6 cm³/mol. The molecule has 0 heterocycles. The highest BCUT2D eigenvalue weighted by Crippen LogP contribution is 2.64. The van der Waals surface area contributed by atoms with Gasteiger partial charge < -0.3 is 0 Å². The van der Waals surface area contributed by atoms with Crippen LogP contribution < -0.4 is 0 Å². The van der Waals surface area contributed by atoms with Gasteiger partial charge in [0, 0.05) is 0 Å². The minimum Gasteiger partial charge on any atom is -0.192 e. The lowest BCUT2D eigenvalue weighted by molar-refractivity contribution is -0.508. The van der Waals surface area contributed by atoms with Crippen molar-refractivity contribution in [2.75, 3.05) is 0 Å². The Labute approximate surface area is 182 Å². The Morgan fingerprint density at radius 1 is 0.243 bits per heavy atom. The average Bonchev–Trinajstić information content (AvgIpc) is 2.64. The maximum Gasteiger partial charge on any atom is 0.460 e. The van der Waals surface area contributed by atoms with Crippen molar-refractivity contribution in [3.8, 4) is 0 Å². The Kier molecular flexibility index (Phi) is 7.95. The maximum absolute atomic E-state index is 13.3. The number of rotatable bonds is 9. The summed E-state index contributed by atoms with van der Waals surface area (Å²) in [6, 6.07) is -17.9. The van der Waals surface area contributed by atoms with E-state index in [1.807, 2.05) is 0 Å². The number of alkyl halides is 24. The van der Waals surface area contributed by atoms with Gasteiger partial charge in [0.25, 0.3) is 0 Å². The van der Waals surface area contributed by atoms with E-state index in [9.17, 15) is 110 Å². The second-order valence-electron chi connectivity index (χ2n) is 6.38. The van der Waals surface area contributed by atoms with Crippen molar-refractivity contribution in [3.05, 3.63) is 0 Å². The monoisotopic (exact) mass is 621 g/mol. The Balaban J connectivity index is 7.04. The van der Waals surface area contributed by atoms with Crippen LogP contribution in [0.4, 0.5) is 110 Å². The van der Waals surface area contributed by atoms with Gasteiger partial charge in [0.1, 0.15) is 0 Å². The summed E-state index contributed by atoms with van der Waals surface area (Å²) in [5.41, 5.74) is 0. The largest absolute Gasteiger partial charge is 0.460 e. The van der Waals surface area contributed by atoms with E-state index in [1.165, 1.54) is 0 Å². The van der Waals surface area contributed by atoms with E-state index in [1.54, 1.807) is 0 Å². The van der Waals surface area contributed by atoms with Gasteiger partial charge in [-0.3, -0.25) is 0 Å². The van der Waals surface area contributed by atoms with Crippen LogP contribution in [0.15, 0.2) is 0 Å². The van der Waals surface area contributed by atoms with Crippen molar-refractivity contribution in [2.45, 2.75) is 65.9 Å². The summed E-state index contributed by atoms with van der Waals surface area (Å²) in [6.07, 6.45) is -16.1. The molecule has 0 aromatic carbocycles. The van der Waals surface area contributed by atoms with Gasteiger partial charge in [0.05, 0.1) is 0 Å². The zero-order chi connectivity index (χ0) is 31.1. The van der Waals surface area contributed by atoms with Crippen molar-refractivity contribution in [2.24, 2.45) is 0 Å². The van der Waals surface area contributed by atoms with Crippen LogP contribution in [0.5, 0.6) is 0 Å². The summed E-state index contributed by atoms with van der Waals surface area (Å²) < 4.78 is 318. The zero-order valence-electron chi connectivity index (χ0n) is 15.4. The molecule has 0 fully saturated rings. The van der Waals surface area contributed by atoms with Crippen LogP contribution in [0.25, 0.3) is 0 Å². The molecule has 0 aromatic rings. The van der Waals surface area contributed by atoms with Crippen LogP contribution in [0.1, 0.15) is 0 Å². The number of hydrogen-bond donors (Lipinski definition) is 0. The summed E-state index contributed by atoms with van der Waals surface area (Å²) in [6.45, 7) is 0. The summed E-state index contributed by atoms with van der Waals surface area (Å²) in [5.74, 6) is -62.7. The van der Waals surface area contributed by atoms with Crippen LogP contribution in [0.3, 0.4) is 0 Å². The lowest BCUT2D eigenvalue weighted by Crippen LogP contribution is -2.76. The Hall–Kier alpha value is -1.79. The van der Waals surface area contributed by atoms with Crippen LogP contribution in [-0.4, -0.2) is 71.0 Å². The molecular weight excluding hydrogens is 621 g/mol. The molecule has 0 saturated heterocycles. The summed E-state index contributed by atoms with van der Waals surface area (Å²) in [7, 11) is 0. The quantitative estimate of drug-likeness (QED) is 0.144. The van der Waals surface area contributed by atoms with Crippen molar-refractivity contribution >= 4 is 0 Å². The molecule has 0 rings (SSSR count). The van der Waals surface area contributed by atoms with Gasteiger partial charge in [-0.2, -0.15) is 105 Å². The molecule has 0 bridgehead atoms. The third-order valence-corrected chi connectivity index (χ3v) is 3.93. The molecule has 0 radical (unpaired) electrons. The van der Waals surface area contributed by atoms with E-state index in [0.717, 1.165) is 0 Å². The first-order valence-electron chi connectivity index (χ1n) is 7.40. The summed E-state index contributed by atoms with van der Waals surface area (Å²) in [4.78, 5) is 0. The van der Waals surface area contributed by atoms with Crippen LogP contribution in [0, 0.1) is 0 Å². The molecule has 0 saturated carbocycles. The molecule has 0 unspecified atom stereocenters. The maximum atomic E-state index is 13.3. The molecule has 0 spiro atoms. The van der Waals surface area contributed by atoms with Gasteiger partial charge in [0.2, 0.25) is 0 Å². The van der Waals surface area contributed by atoms with E-state index in [0.29, 0.717) is 0 Å². The summed E-state index contributed by atoms with van der Waals surface area (Å²) in [5, 5.41) is -5.37. The van der Waals surface area contributed by atoms with Gasteiger partial charge >= 0.3 is 65.9 Å². The normalized spacial score (nSPS) is 17.0. The highest BCUT2D eigenvalue weighted by Gasteiger charge is 2.96. The van der Waals surface area contributed by atoms with Crippen molar-refractivity contribution in [3.63, 3.8) is 0 Å². The van der Waals surface area contributed by atoms with Gasteiger partial charge in [0.15, 0.2) is 0 Å². The second kappa shape index (κ2) is 8.35. The highest BCUT2D eigenvalue weighted by atomic mass is 19.4. The molecule has 0 aliphatic rings. The predicted octanol–water partition coefficient (Wildman–Crippen LogP) is 7.93. The van der Waals surface area contributed by atoms with E-state index in [4.69, 9.17) is 0 Å². The topological polar surface area (TPSA) is 3.24 Å². The molecule has 0 aliphatic carbocycles. The highest BCUT2D eigenvalue weighted by molar-refractivity contribution is 5.13. The van der Waals surface area contributed by atoms with Crippen LogP contribution in [-0.2, 0) is 0 Å². The second-order valence-corrected chi connectivity index (χ2v) is 6.38. The molecule has 0 atom stereocenters. The first kappa shape index (κ1) is 35.2. The summed E-state index contributed by atoms with van der Waals surface area (Å²) >= 11 is 0. The molecule has 0 aliphatic heterocycles. The third-order valence-electron chi connectivity index (χ3n) is 3.93. The minimum absolute atomic E-state index is 5.37. The van der Waals surface area contributed by atoms with Crippen LogP contribution in [0.2, 0.25) is 0 Å². The molecule has 224 valence electrons. The number of nitrogens with zero attached hydrogens (tertiary/aromatic N) is 1. The molecule has 0 aromatic heterocycles. The molecule has 1 nitrogen and oxygen atoms in total. The van der Waals surface area contributed by atoms with Crippen molar-refractivity contribution in [1.82, 2.24) is 5.12 Å². The van der Waals surface area contributed by atoms with E-state index < -0.39 is 71.0 Å². The fourth-order valence-electron chi connectivity index (χ4n) is 1.75. The first-order chi connectivity index (χ1) is 15.4. The smallest absolute Gasteiger partial charge is 0.192 e. The van der Waals surface area contributed by atoms with E-state index >= 15 is 0 Å². The Morgan fingerprint density at radius 2 is 0.405 bits per heavy atom. The SMILES string of the molecule is FN(C(F)(F)C(F)(F)C(F)(F)C(F)(F)F)C(F)(F)C(F)(F)C(F)(F)C(F)(F)C(F)(F)C(F)(F)C(F)(F)F. The van der Waals surface area contributed by atoms with Crippen molar-refractivity contribution in [1.29, 1.82) is 0 Å². The molecule has 0 amide bonds.